The maximum Gasteiger partial charge on any atom is 0.356 e. The summed E-state index contributed by atoms with van der Waals surface area (Å²) < 4.78 is 22.7. The Hall–Kier alpha value is -1.63. The Morgan fingerprint density at radius 3 is 2.71 bits per heavy atom. The molecule has 2 heterocycles. The Morgan fingerprint density at radius 2 is 2.24 bits per heavy atom. The van der Waals surface area contributed by atoms with Gasteiger partial charge < -0.3 is 10.8 Å². The Morgan fingerprint density at radius 1 is 1.53 bits per heavy atom. The van der Waals surface area contributed by atoms with Crippen molar-refractivity contribution < 1.29 is 18.3 Å². The summed E-state index contributed by atoms with van der Waals surface area (Å²) in [4.78, 5) is 14.5. The molecule has 0 aromatic carbocycles. The number of sulfone groups is 1. The van der Waals surface area contributed by atoms with Crippen molar-refractivity contribution in [3.05, 3.63) is 23.5 Å². The van der Waals surface area contributed by atoms with Crippen molar-refractivity contribution in [3.8, 4) is 0 Å². The second-order valence-corrected chi connectivity index (χ2v) is 6.34. The van der Waals surface area contributed by atoms with Gasteiger partial charge in [-0.25, -0.2) is 18.2 Å². The van der Waals surface area contributed by atoms with Gasteiger partial charge in [-0.1, -0.05) is 0 Å². The fourth-order valence-electron chi connectivity index (χ4n) is 1.96. The molecular formula is C10H12N2O4S. The fraction of sp³-hybridized carbons (Fsp3) is 0.400. The van der Waals surface area contributed by atoms with Gasteiger partial charge in [0.05, 0.1) is 17.2 Å². The summed E-state index contributed by atoms with van der Waals surface area (Å²) in [7, 11) is -2.97. The molecule has 0 saturated carbocycles. The highest BCUT2D eigenvalue weighted by molar-refractivity contribution is 7.91. The van der Waals surface area contributed by atoms with Gasteiger partial charge in [-0.2, -0.15) is 0 Å². The van der Waals surface area contributed by atoms with E-state index in [-0.39, 0.29) is 28.8 Å². The predicted molar refractivity (Wildman–Crippen MR) is 61.6 cm³/mol. The molecule has 0 spiro atoms. The third-order valence-corrected chi connectivity index (χ3v) is 4.61. The van der Waals surface area contributed by atoms with Crippen LogP contribution in [0.4, 0.5) is 5.69 Å². The Labute approximate surface area is 98.4 Å². The number of pyridine rings is 1. The minimum Gasteiger partial charge on any atom is -0.476 e. The van der Waals surface area contributed by atoms with Crippen molar-refractivity contribution >= 4 is 21.5 Å². The molecule has 1 aliphatic rings. The second-order valence-electron chi connectivity index (χ2n) is 4.11. The number of anilines is 1. The Balaban J connectivity index is 2.30. The van der Waals surface area contributed by atoms with Crippen LogP contribution >= 0.6 is 0 Å². The van der Waals surface area contributed by atoms with Crippen molar-refractivity contribution in [1.82, 2.24) is 4.98 Å². The molecule has 17 heavy (non-hydrogen) atoms. The van der Waals surface area contributed by atoms with Crippen LogP contribution in [0.15, 0.2) is 12.3 Å². The zero-order valence-electron chi connectivity index (χ0n) is 8.96. The Bertz CT molecular complexity index is 568. The molecule has 1 atom stereocenters. The van der Waals surface area contributed by atoms with E-state index >= 15 is 0 Å². The van der Waals surface area contributed by atoms with Gasteiger partial charge in [0, 0.05) is 12.1 Å². The smallest absolute Gasteiger partial charge is 0.356 e. The first-order chi connectivity index (χ1) is 7.89. The first-order valence-corrected chi connectivity index (χ1v) is 6.90. The van der Waals surface area contributed by atoms with Crippen LogP contribution in [0.1, 0.15) is 28.4 Å². The molecule has 3 N–H and O–H groups in total. The summed E-state index contributed by atoms with van der Waals surface area (Å²) in [5, 5.41) is 8.77. The number of nitrogens with zero attached hydrogens (tertiary/aromatic N) is 1. The standard InChI is InChI=1S/C10H12N2O4S/c11-8-3-7(4-12-9(8)10(13)14)6-1-2-17(15,16)5-6/h3-4,6H,1-2,5,11H2,(H,13,14). The molecule has 1 fully saturated rings. The lowest BCUT2D eigenvalue weighted by Crippen LogP contribution is -2.09. The molecule has 6 nitrogen and oxygen atoms in total. The number of carbonyl (C=O) groups is 1. The highest BCUT2D eigenvalue weighted by atomic mass is 32.2. The van der Waals surface area contributed by atoms with Gasteiger partial charge in [-0.15, -0.1) is 0 Å². The lowest BCUT2D eigenvalue weighted by atomic mass is 10.00. The number of rotatable bonds is 2. The molecule has 1 aromatic heterocycles. The predicted octanol–water partition coefficient (Wildman–Crippen LogP) is 0.264. The molecule has 2 rings (SSSR count). The van der Waals surface area contributed by atoms with E-state index in [1.54, 1.807) is 0 Å². The monoisotopic (exact) mass is 256 g/mol. The zero-order valence-corrected chi connectivity index (χ0v) is 9.77. The minimum atomic E-state index is -2.97. The summed E-state index contributed by atoms with van der Waals surface area (Å²) >= 11 is 0. The van der Waals surface area contributed by atoms with E-state index in [4.69, 9.17) is 10.8 Å². The van der Waals surface area contributed by atoms with Crippen molar-refractivity contribution in [1.29, 1.82) is 0 Å². The highest BCUT2D eigenvalue weighted by Crippen LogP contribution is 2.29. The van der Waals surface area contributed by atoms with Gasteiger partial charge in [0.1, 0.15) is 0 Å². The Kier molecular flexibility index (Phi) is 2.78. The summed E-state index contributed by atoms with van der Waals surface area (Å²) in [6.07, 6.45) is 1.93. The molecule has 1 aromatic rings. The van der Waals surface area contributed by atoms with E-state index in [0.29, 0.717) is 12.0 Å². The first-order valence-electron chi connectivity index (χ1n) is 5.08. The van der Waals surface area contributed by atoms with Gasteiger partial charge in [-0.05, 0) is 18.1 Å². The fourth-order valence-corrected chi connectivity index (χ4v) is 3.74. The molecule has 7 heteroatoms. The average Bonchev–Trinajstić information content (AvgIpc) is 2.58. The first kappa shape index (κ1) is 11.8. The lowest BCUT2D eigenvalue weighted by Gasteiger charge is -2.09. The van der Waals surface area contributed by atoms with Crippen LogP contribution in [-0.2, 0) is 9.84 Å². The number of carboxylic acid groups (broad SMARTS) is 1. The van der Waals surface area contributed by atoms with E-state index in [9.17, 15) is 13.2 Å². The molecular weight excluding hydrogens is 244 g/mol. The van der Waals surface area contributed by atoms with Crippen molar-refractivity contribution in [3.63, 3.8) is 0 Å². The second kappa shape index (κ2) is 3.99. The van der Waals surface area contributed by atoms with E-state index in [2.05, 4.69) is 4.98 Å². The minimum absolute atomic E-state index is 0.0688. The van der Waals surface area contributed by atoms with Crippen molar-refractivity contribution in [2.45, 2.75) is 12.3 Å². The molecule has 0 aliphatic carbocycles. The van der Waals surface area contributed by atoms with Crippen LogP contribution in [0.3, 0.4) is 0 Å². The number of aromatic nitrogens is 1. The summed E-state index contributed by atoms with van der Waals surface area (Å²) in [5.41, 5.74) is 6.12. The van der Waals surface area contributed by atoms with Crippen LogP contribution in [0.5, 0.6) is 0 Å². The molecule has 0 radical (unpaired) electrons. The third-order valence-electron chi connectivity index (χ3n) is 2.84. The van der Waals surface area contributed by atoms with Gasteiger partial charge in [-0.3, -0.25) is 0 Å². The van der Waals surface area contributed by atoms with Crippen LogP contribution in [0.25, 0.3) is 0 Å². The SMILES string of the molecule is Nc1cc(C2CCS(=O)(=O)C2)cnc1C(=O)O. The molecule has 92 valence electrons. The zero-order chi connectivity index (χ0) is 12.6. The normalized spacial score (nSPS) is 22.5. The van der Waals surface area contributed by atoms with E-state index in [1.165, 1.54) is 12.3 Å². The van der Waals surface area contributed by atoms with E-state index in [1.807, 2.05) is 0 Å². The molecule has 1 saturated heterocycles. The number of nitrogens with two attached hydrogens (primary N) is 1. The van der Waals surface area contributed by atoms with Gasteiger partial charge in [0.15, 0.2) is 15.5 Å². The van der Waals surface area contributed by atoms with Crippen molar-refractivity contribution in [2.75, 3.05) is 17.2 Å². The lowest BCUT2D eigenvalue weighted by molar-refractivity contribution is 0.0691. The number of hydrogen-bond acceptors (Lipinski definition) is 5. The summed E-state index contributed by atoms with van der Waals surface area (Å²) in [5.74, 6) is -1.07. The highest BCUT2D eigenvalue weighted by Gasteiger charge is 2.29. The number of carboxylic acids is 1. The number of nitrogen functional groups attached to an aromatic ring is 1. The largest absolute Gasteiger partial charge is 0.476 e. The molecule has 1 aliphatic heterocycles. The molecule has 1 unspecified atom stereocenters. The topological polar surface area (TPSA) is 110 Å². The van der Waals surface area contributed by atoms with Crippen molar-refractivity contribution in [2.24, 2.45) is 0 Å². The van der Waals surface area contributed by atoms with Gasteiger partial charge >= 0.3 is 5.97 Å². The van der Waals surface area contributed by atoms with E-state index < -0.39 is 15.8 Å². The van der Waals surface area contributed by atoms with E-state index in [0.717, 1.165) is 0 Å². The summed E-state index contributed by atoms with van der Waals surface area (Å²) in [6, 6.07) is 1.50. The number of aromatic carboxylic acids is 1. The quantitative estimate of drug-likeness (QED) is 0.785. The van der Waals surface area contributed by atoms with Crippen LogP contribution in [0.2, 0.25) is 0 Å². The molecule has 0 bridgehead atoms. The average molecular weight is 256 g/mol. The maximum atomic E-state index is 11.3. The van der Waals surface area contributed by atoms with Gasteiger partial charge in [0.25, 0.3) is 0 Å². The van der Waals surface area contributed by atoms with Gasteiger partial charge in [0.2, 0.25) is 0 Å². The maximum absolute atomic E-state index is 11.3. The van der Waals surface area contributed by atoms with Crippen LogP contribution in [-0.4, -0.2) is 36.0 Å². The van der Waals surface area contributed by atoms with Crippen LogP contribution < -0.4 is 5.73 Å². The molecule has 0 amide bonds. The van der Waals surface area contributed by atoms with Crippen LogP contribution in [0, 0.1) is 0 Å². The third kappa shape index (κ3) is 2.38. The number of hydrogen-bond donors (Lipinski definition) is 2. The summed E-state index contributed by atoms with van der Waals surface area (Å²) in [6.45, 7) is 0.